The van der Waals surface area contributed by atoms with Crippen molar-refractivity contribution in [3.63, 3.8) is 0 Å². The van der Waals surface area contributed by atoms with Gasteiger partial charge in [-0.3, -0.25) is 4.79 Å². The van der Waals surface area contributed by atoms with Gasteiger partial charge in [0.2, 0.25) is 21.8 Å². The molecule has 246 valence electrons. The molecule has 0 radical (unpaired) electrons. The maximum Gasteiger partial charge on any atom is 0.407 e. The highest BCUT2D eigenvalue weighted by Gasteiger charge is 2.38. The molecule has 14 heteroatoms. The summed E-state index contributed by atoms with van der Waals surface area (Å²) in [6.45, 7) is 0.852. The Morgan fingerprint density at radius 2 is 1.89 bits per heavy atom. The third-order valence-electron chi connectivity index (χ3n) is 8.50. The first-order valence-corrected chi connectivity index (χ1v) is 17.0. The van der Waals surface area contributed by atoms with Crippen LogP contribution in [0.1, 0.15) is 41.9 Å². The number of carbonyl (C=O) groups excluding carboxylic acids is 2. The summed E-state index contributed by atoms with van der Waals surface area (Å²) in [5, 5.41) is 9.38. The number of fused-ring (bicyclic) bond motifs is 2. The zero-order chi connectivity index (χ0) is 32.8. The Morgan fingerprint density at radius 1 is 1.13 bits per heavy atom. The Bertz CT molecular complexity index is 1640. The van der Waals surface area contributed by atoms with Crippen LogP contribution in [0.25, 0.3) is 0 Å². The van der Waals surface area contributed by atoms with Crippen LogP contribution in [0, 0.1) is 5.82 Å². The van der Waals surface area contributed by atoms with Crippen molar-refractivity contribution in [2.24, 2.45) is 0 Å². The third-order valence-corrected chi connectivity index (χ3v) is 10.7. The molecule has 3 unspecified atom stereocenters. The number of rotatable bonds is 10. The Labute approximate surface area is 272 Å². The van der Waals surface area contributed by atoms with Gasteiger partial charge in [0.25, 0.3) is 0 Å². The second-order valence-corrected chi connectivity index (χ2v) is 13.8. The van der Waals surface area contributed by atoms with Crippen LogP contribution in [0.2, 0.25) is 5.02 Å². The third kappa shape index (κ3) is 7.77. The number of carbonyl (C=O) groups is 2. The zero-order valence-electron chi connectivity index (χ0n) is 25.5. The number of anilines is 1. The number of amides is 2. The van der Waals surface area contributed by atoms with Crippen molar-refractivity contribution < 1.29 is 31.9 Å². The molecule has 5 atom stereocenters. The molecule has 46 heavy (non-hydrogen) atoms. The van der Waals surface area contributed by atoms with E-state index in [9.17, 15) is 18.0 Å². The summed E-state index contributed by atoms with van der Waals surface area (Å²) in [7, 11) is -0.750. The minimum atomic E-state index is -3.42. The molecule has 0 saturated carbocycles. The summed E-state index contributed by atoms with van der Waals surface area (Å²) in [4.78, 5) is 31.0. The van der Waals surface area contributed by atoms with Crippen molar-refractivity contribution in [1.82, 2.24) is 19.9 Å². The monoisotopic (exact) mass is 673 g/mol. The molecule has 2 bridgehead atoms. The predicted molar refractivity (Wildman–Crippen MR) is 172 cm³/mol. The normalized spacial score (nSPS) is 21.7. The molecule has 2 fully saturated rings. The van der Waals surface area contributed by atoms with Crippen molar-refractivity contribution in [3.8, 4) is 5.88 Å². The van der Waals surface area contributed by atoms with Gasteiger partial charge in [-0.05, 0) is 61.1 Å². The SMILES string of the molecule is COC(=O)N[C@H](C(=O)Nc1cccc(F)c1CCC1CNC2CCCS(=O)(=O)N1C2)[C@@H](c1ccc(Cl)cc1)c1ccc(OC)nc1. The number of piperazine rings is 1. The largest absolute Gasteiger partial charge is 0.481 e. The van der Waals surface area contributed by atoms with Crippen molar-refractivity contribution in [3.05, 3.63) is 88.3 Å². The highest BCUT2D eigenvalue weighted by atomic mass is 35.5. The highest BCUT2D eigenvalue weighted by molar-refractivity contribution is 7.89. The van der Waals surface area contributed by atoms with Crippen molar-refractivity contribution >= 4 is 39.3 Å². The summed E-state index contributed by atoms with van der Waals surface area (Å²) in [6, 6.07) is 13.1. The van der Waals surface area contributed by atoms with E-state index in [0.29, 0.717) is 48.0 Å². The lowest BCUT2D eigenvalue weighted by Gasteiger charge is -2.37. The van der Waals surface area contributed by atoms with Crippen molar-refractivity contribution in [2.75, 3.05) is 38.4 Å². The number of pyridine rings is 1. The molecular weight excluding hydrogens is 637 g/mol. The molecule has 3 heterocycles. The van der Waals surface area contributed by atoms with Gasteiger partial charge in [-0.25, -0.2) is 22.6 Å². The summed E-state index contributed by atoms with van der Waals surface area (Å²) in [5.74, 6) is -1.48. The predicted octanol–water partition coefficient (Wildman–Crippen LogP) is 4.08. The Kier molecular flexibility index (Phi) is 10.8. The number of hydrogen-bond acceptors (Lipinski definition) is 8. The van der Waals surface area contributed by atoms with Crippen molar-refractivity contribution in [2.45, 2.75) is 49.7 Å². The van der Waals surface area contributed by atoms with E-state index in [2.05, 4.69) is 20.9 Å². The molecule has 3 aromatic rings. The molecule has 11 nitrogen and oxygen atoms in total. The number of nitrogens with zero attached hydrogens (tertiary/aromatic N) is 2. The molecule has 0 spiro atoms. The van der Waals surface area contributed by atoms with Crippen LogP contribution in [0.5, 0.6) is 5.88 Å². The van der Waals surface area contributed by atoms with Gasteiger partial charge in [-0.2, -0.15) is 4.31 Å². The molecule has 2 aliphatic rings. The van der Waals surface area contributed by atoms with Crippen LogP contribution in [-0.2, 0) is 26.0 Å². The standard InChI is InChI=1S/C32H37ClFN5O6S/c1-44-28-15-10-21(17-36-28)29(20-8-11-22(33)12-9-20)30(38-32(41)45-2)31(40)37-27-7-3-6-26(34)25(27)14-13-24-18-35-23-5-4-16-46(42,43)39(24)19-23/h3,6-12,15,17,23-24,29-30,35H,4-5,13-14,16,18-19H2,1-2H3,(H,37,40)(H,38,41)/t23?,24?,29-,30-/m0/s1. The minimum absolute atomic E-state index is 0.0930. The summed E-state index contributed by atoms with van der Waals surface area (Å²) < 4.78 is 52.9. The van der Waals surface area contributed by atoms with E-state index in [1.165, 1.54) is 26.4 Å². The van der Waals surface area contributed by atoms with Gasteiger partial charge in [-0.1, -0.05) is 35.9 Å². The zero-order valence-corrected chi connectivity index (χ0v) is 27.1. The van der Waals surface area contributed by atoms with Crippen LogP contribution >= 0.6 is 11.6 Å². The van der Waals surface area contributed by atoms with Crippen LogP contribution in [-0.4, -0.2) is 80.9 Å². The first-order valence-electron chi connectivity index (χ1n) is 15.0. The van der Waals surface area contributed by atoms with Gasteiger partial charge in [-0.15, -0.1) is 0 Å². The average Bonchev–Trinajstić information content (AvgIpc) is 3.16. The number of ether oxygens (including phenoxy) is 2. The smallest absolute Gasteiger partial charge is 0.407 e. The molecular formula is C32H37ClFN5O6S. The van der Waals surface area contributed by atoms with E-state index in [4.69, 9.17) is 21.1 Å². The number of aromatic nitrogens is 1. The fourth-order valence-corrected chi connectivity index (χ4v) is 8.06. The van der Waals surface area contributed by atoms with Gasteiger partial charge in [0.15, 0.2) is 0 Å². The number of alkyl carbamates (subject to hydrolysis) is 1. The highest BCUT2D eigenvalue weighted by Crippen LogP contribution is 2.32. The number of halogens is 2. The molecule has 2 aliphatic heterocycles. The van der Waals surface area contributed by atoms with Crippen LogP contribution in [0.4, 0.5) is 14.9 Å². The molecule has 2 saturated heterocycles. The fraction of sp³-hybridized carbons (Fsp3) is 0.406. The Balaban J connectivity index is 1.44. The Morgan fingerprint density at radius 3 is 2.59 bits per heavy atom. The average molecular weight is 674 g/mol. The van der Waals surface area contributed by atoms with Crippen molar-refractivity contribution in [1.29, 1.82) is 0 Å². The lowest BCUT2D eigenvalue weighted by molar-refractivity contribution is -0.118. The lowest BCUT2D eigenvalue weighted by atomic mass is 9.85. The van der Waals surface area contributed by atoms with Gasteiger partial charge in [0, 0.05) is 59.6 Å². The lowest BCUT2D eigenvalue weighted by Crippen LogP contribution is -2.57. The quantitative estimate of drug-likeness (QED) is 0.293. The van der Waals surface area contributed by atoms with E-state index >= 15 is 4.39 Å². The van der Waals surface area contributed by atoms with Gasteiger partial charge < -0.3 is 25.4 Å². The topological polar surface area (TPSA) is 139 Å². The molecule has 1 aromatic heterocycles. The summed E-state index contributed by atoms with van der Waals surface area (Å²) >= 11 is 6.15. The molecule has 5 rings (SSSR count). The second kappa shape index (κ2) is 14.8. The number of hydrogen-bond donors (Lipinski definition) is 3. The van der Waals surface area contributed by atoms with E-state index in [1.807, 2.05) is 0 Å². The van der Waals surface area contributed by atoms with Gasteiger partial charge >= 0.3 is 6.09 Å². The van der Waals surface area contributed by atoms with Gasteiger partial charge in [0.1, 0.15) is 11.9 Å². The number of nitrogens with one attached hydrogen (secondary N) is 3. The Hall–Kier alpha value is -3.78. The van der Waals surface area contributed by atoms with Crippen LogP contribution in [0.15, 0.2) is 60.8 Å². The number of methoxy groups -OCH3 is 2. The summed E-state index contributed by atoms with van der Waals surface area (Å²) in [6.07, 6.45) is 2.60. The number of sulfonamides is 1. The fourth-order valence-electron chi connectivity index (χ4n) is 6.13. The molecule has 2 aromatic carbocycles. The summed E-state index contributed by atoms with van der Waals surface area (Å²) in [5.41, 5.74) is 1.68. The molecule has 2 amide bonds. The van der Waals surface area contributed by atoms with Gasteiger partial charge in [0.05, 0.1) is 20.0 Å². The molecule has 3 N–H and O–H groups in total. The maximum atomic E-state index is 15.4. The van der Waals surface area contributed by atoms with Crippen LogP contribution < -0.4 is 20.7 Å². The number of benzene rings is 2. The second-order valence-electron chi connectivity index (χ2n) is 11.4. The van der Waals surface area contributed by atoms with E-state index in [-0.39, 0.29) is 35.5 Å². The molecule has 0 aliphatic carbocycles. The minimum Gasteiger partial charge on any atom is -0.481 e. The van der Waals surface area contributed by atoms with Crippen LogP contribution in [0.3, 0.4) is 0 Å². The van der Waals surface area contributed by atoms with E-state index in [1.54, 1.807) is 53.0 Å². The maximum absolute atomic E-state index is 15.4. The van der Waals surface area contributed by atoms with E-state index in [0.717, 1.165) is 6.42 Å². The first-order chi connectivity index (χ1) is 22.1. The first kappa shape index (κ1) is 33.6. The van der Waals surface area contributed by atoms with E-state index < -0.39 is 39.8 Å².